The summed E-state index contributed by atoms with van der Waals surface area (Å²) in [6.45, 7) is 4.27. The molecule has 0 saturated carbocycles. The van der Waals surface area contributed by atoms with Crippen molar-refractivity contribution in [3.63, 3.8) is 0 Å². The number of rotatable bonds is 9. The predicted molar refractivity (Wildman–Crippen MR) is 122 cm³/mol. The summed E-state index contributed by atoms with van der Waals surface area (Å²) in [7, 11) is 0. The zero-order chi connectivity index (χ0) is 21.5. The van der Waals surface area contributed by atoms with Crippen molar-refractivity contribution in [1.82, 2.24) is 10.3 Å². The Labute approximate surface area is 181 Å². The van der Waals surface area contributed by atoms with Gasteiger partial charge in [0.1, 0.15) is 11.4 Å². The molecule has 5 nitrogen and oxygen atoms in total. The summed E-state index contributed by atoms with van der Waals surface area (Å²) in [5.74, 6) is 0.619. The highest BCUT2D eigenvalue weighted by molar-refractivity contribution is 7.80. The van der Waals surface area contributed by atoms with E-state index in [0.29, 0.717) is 22.2 Å². The van der Waals surface area contributed by atoms with Gasteiger partial charge in [-0.2, -0.15) is 0 Å². The highest BCUT2D eigenvalue weighted by Gasteiger charge is 2.12. The molecule has 0 fully saturated rings. The number of hydrogen-bond donors (Lipinski definition) is 1. The van der Waals surface area contributed by atoms with Crippen LogP contribution in [0.2, 0.25) is 0 Å². The van der Waals surface area contributed by atoms with Gasteiger partial charge in [0.05, 0.1) is 5.52 Å². The van der Waals surface area contributed by atoms with Crippen LogP contribution in [0.3, 0.4) is 0 Å². The van der Waals surface area contributed by atoms with E-state index in [1.165, 1.54) is 5.56 Å². The monoisotopic (exact) mass is 420 g/mol. The average molecular weight is 421 g/mol. The van der Waals surface area contributed by atoms with Gasteiger partial charge >= 0.3 is 0 Å². The fourth-order valence-electron chi connectivity index (χ4n) is 2.90. The molecule has 1 aromatic heterocycles. The Balaban J connectivity index is 1.44. The summed E-state index contributed by atoms with van der Waals surface area (Å²) in [6, 6.07) is 18.8. The van der Waals surface area contributed by atoms with Gasteiger partial charge in [0.2, 0.25) is 0 Å². The predicted octanol–water partition coefficient (Wildman–Crippen LogP) is 4.50. The highest BCUT2D eigenvalue weighted by Crippen LogP contribution is 2.18. The third kappa shape index (κ3) is 5.94. The first-order chi connectivity index (χ1) is 14.4. The van der Waals surface area contributed by atoms with E-state index in [4.69, 9.17) is 17.0 Å². The van der Waals surface area contributed by atoms with Crippen molar-refractivity contribution in [2.75, 3.05) is 13.2 Å². The van der Waals surface area contributed by atoms with Crippen LogP contribution in [0, 0.1) is 0 Å². The number of carbonyl (C=O) groups is 2. The molecule has 1 amide bonds. The van der Waals surface area contributed by atoms with Crippen LogP contribution in [0.25, 0.3) is 10.9 Å². The van der Waals surface area contributed by atoms with E-state index in [0.717, 1.165) is 10.9 Å². The number of para-hydroxylation sites is 1. The molecule has 154 valence electrons. The molecule has 3 aromatic rings. The second-order valence-electron chi connectivity index (χ2n) is 7.32. The first-order valence-electron chi connectivity index (χ1n) is 9.82. The maximum absolute atomic E-state index is 12.4. The molecule has 1 heterocycles. The lowest BCUT2D eigenvalue weighted by Gasteiger charge is -2.10. The Morgan fingerprint density at radius 2 is 1.77 bits per heavy atom. The fourth-order valence-corrected chi connectivity index (χ4v) is 3.10. The van der Waals surface area contributed by atoms with Crippen LogP contribution in [-0.4, -0.2) is 34.7 Å². The van der Waals surface area contributed by atoms with Gasteiger partial charge in [0.25, 0.3) is 5.91 Å². The molecule has 0 atom stereocenters. The summed E-state index contributed by atoms with van der Waals surface area (Å²) < 4.78 is 5.49. The minimum Gasteiger partial charge on any atom is -0.484 e. The van der Waals surface area contributed by atoms with E-state index in [1.54, 1.807) is 6.07 Å². The van der Waals surface area contributed by atoms with E-state index in [9.17, 15) is 9.59 Å². The van der Waals surface area contributed by atoms with Gasteiger partial charge in [0, 0.05) is 23.2 Å². The molecule has 0 radical (unpaired) electrons. The summed E-state index contributed by atoms with van der Waals surface area (Å²) in [4.78, 5) is 29.3. The van der Waals surface area contributed by atoms with Crippen molar-refractivity contribution in [3.05, 3.63) is 71.9 Å². The van der Waals surface area contributed by atoms with Crippen LogP contribution in [0.1, 0.15) is 42.2 Å². The number of aromatic nitrogens is 1. The largest absolute Gasteiger partial charge is 0.484 e. The molecule has 0 bridgehead atoms. The van der Waals surface area contributed by atoms with E-state index in [-0.39, 0.29) is 31.3 Å². The minimum absolute atomic E-state index is 0.0540. The van der Waals surface area contributed by atoms with Crippen LogP contribution >= 0.6 is 12.2 Å². The maximum Gasteiger partial charge on any atom is 0.258 e. The molecule has 0 aliphatic rings. The Morgan fingerprint density at radius 3 is 2.50 bits per heavy atom. The highest BCUT2D eigenvalue weighted by atomic mass is 32.1. The molecule has 6 heteroatoms. The Morgan fingerprint density at radius 1 is 1.03 bits per heavy atom. The number of fused-ring (bicyclic) bond motifs is 1. The SMILES string of the molecule is CC(C)c1ccc(OCC(=O)NCC(=S)CC(=O)c2ccc3ccccc3n2)cc1. The molecule has 30 heavy (non-hydrogen) atoms. The third-order valence-corrected chi connectivity index (χ3v) is 4.93. The van der Waals surface area contributed by atoms with Gasteiger partial charge in [-0.25, -0.2) is 4.98 Å². The van der Waals surface area contributed by atoms with Crippen molar-refractivity contribution < 1.29 is 14.3 Å². The minimum atomic E-state index is -0.290. The quantitative estimate of drug-likeness (QED) is 0.408. The van der Waals surface area contributed by atoms with Crippen molar-refractivity contribution in [2.45, 2.75) is 26.2 Å². The van der Waals surface area contributed by atoms with Crippen molar-refractivity contribution in [2.24, 2.45) is 0 Å². The Hall–Kier alpha value is -3.12. The Kier molecular flexibility index (Phi) is 7.25. The zero-order valence-corrected chi connectivity index (χ0v) is 17.9. The number of Topliss-reactive ketones (excluding diaryl/α,β-unsaturated/α-hetero) is 1. The number of thiocarbonyl (C=S) groups is 1. The van der Waals surface area contributed by atoms with Crippen LogP contribution in [0.4, 0.5) is 0 Å². The lowest BCUT2D eigenvalue weighted by Crippen LogP contribution is -2.33. The van der Waals surface area contributed by atoms with Crippen molar-refractivity contribution >= 4 is 39.7 Å². The standard InChI is InChI=1S/C24H24N2O3S/c1-16(2)17-7-10-19(11-8-17)29-15-24(28)25-14-20(30)13-23(27)22-12-9-18-5-3-4-6-21(18)26-22/h3-12,16H,13-15H2,1-2H3,(H,25,28). The normalized spacial score (nSPS) is 10.8. The number of ether oxygens (including phenoxy) is 1. The number of carbonyl (C=O) groups excluding carboxylic acids is 2. The molecule has 0 aliphatic heterocycles. The van der Waals surface area contributed by atoms with Crippen LogP contribution in [-0.2, 0) is 4.79 Å². The number of nitrogens with zero attached hydrogens (tertiary/aromatic N) is 1. The summed E-state index contributed by atoms with van der Waals surface area (Å²) in [5, 5.41) is 3.67. The first-order valence-corrected chi connectivity index (χ1v) is 10.2. The van der Waals surface area contributed by atoms with Crippen molar-refractivity contribution in [1.29, 1.82) is 0 Å². The van der Waals surface area contributed by atoms with E-state index in [2.05, 4.69) is 24.1 Å². The van der Waals surface area contributed by atoms with Gasteiger partial charge in [-0.05, 0) is 35.7 Å². The molecular formula is C24H24N2O3S. The molecule has 0 spiro atoms. The van der Waals surface area contributed by atoms with Crippen LogP contribution in [0.15, 0.2) is 60.7 Å². The summed E-state index contributed by atoms with van der Waals surface area (Å²) in [6.07, 6.45) is 0.0540. The lowest BCUT2D eigenvalue weighted by atomic mass is 10.0. The molecular weight excluding hydrogens is 396 g/mol. The van der Waals surface area contributed by atoms with Gasteiger partial charge in [0.15, 0.2) is 12.4 Å². The molecule has 0 saturated heterocycles. The molecule has 2 aromatic carbocycles. The number of pyridine rings is 1. The van der Waals surface area contributed by atoms with Crippen LogP contribution < -0.4 is 10.1 Å². The average Bonchev–Trinajstić information content (AvgIpc) is 2.76. The topological polar surface area (TPSA) is 68.3 Å². The van der Waals surface area contributed by atoms with Crippen LogP contribution in [0.5, 0.6) is 5.75 Å². The molecule has 1 N–H and O–H groups in total. The smallest absolute Gasteiger partial charge is 0.258 e. The lowest BCUT2D eigenvalue weighted by molar-refractivity contribution is -0.122. The first kappa shape index (κ1) is 21.6. The Bertz CT molecular complexity index is 1060. The van der Waals surface area contributed by atoms with E-state index >= 15 is 0 Å². The number of amides is 1. The van der Waals surface area contributed by atoms with E-state index < -0.39 is 0 Å². The summed E-state index contributed by atoms with van der Waals surface area (Å²) in [5.41, 5.74) is 2.35. The number of hydrogen-bond acceptors (Lipinski definition) is 5. The van der Waals surface area contributed by atoms with Gasteiger partial charge in [-0.15, -0.1) is 0 Å². The summed E-state index contributed by atoms with van der Waals surface area (Å²) >= 11 is 5.26. The molecule has 0 aliphatic carbocycles. The second kappa shape index (κ2) is 10.1. The second-order valence-corrected chi connectivity index (χ2v) is 7.89. The maximum atomic E-state index is 12.4. The number of benzene rings is 2. The van der Waals surface area contributed by atoms with Crippen molar-refractivity contribution in [3.8, 4) is 5.75 Å². The zero-order valence-electron chi connectivity index (χ0n) is 17.1. The van der Waals surface area contributed by atoms with E-state index in [1.807, 2.05) is 54.6 Å². The fraction of sp³-hybridized carbons (Fsp3) is 0.250. The number of nitrogens with one attached hydrogen (secondary N) is 1. The molecule has 3 rings (SSSR count). The third-order valence-electron chi connectivity index (χ3n) is 4.64. The van der Waals surface area contributed by atoms with Gasteiger partial charge in [-0.3, -0.25) is 9.59 Å². The van der Waals surface area contributed by atoms with Gasteiger partial charge in [-0.1, -0.05) is 62.5 Å². The van der Waals surface area contributed by atoms with Gasteiger partial charge < -0.3 is 10.1 Å². The number of ketones is 1. The molecule has 0 unspecified atom stereocenters.